The van der Waals surface area contributed by atoms with E-state index in [0.29, 0.717) is 0 Å². The third-order valence-electron chi connectivity index (χ3n) is 2.91. The average Bonchev–Trinajstić information content (AvgIpc) is 2.57. The van der Waals surface area contributed by atoms with Crippen molar-refractivity contribution in [3.63, 3.8) is 0 Å². The van der Waals surface area contributed by atoms with Crippen molar-refractivity contribution in [3.8, 4) is 0 Å². The van der Waals surface area contributed by atoms with Gasteiger partial charge in [-0.05, 0) is 12.5 Å². The molecule has 0 aromatic heterocycles. The molecule has 0 atom stereocenters. The first-order valence-electron chi connectivity index (χ1n) is 7.01. The summed E-state index contributed by atoms with van der Waals surface area (Å²) in [5.41, 5.74) is 1.11. The van der Waals surface area contributed by atoms with Gasteiger partial charge < -0.3 is 9.47 Å². The number of benzene rings is 2. The highest BCUT2D eigenvalue weighted by Crippen LogP contribution is 2.23. The van der Waals surface area contributed by atoms with Gasteiger partial charge in [0.2, 0.25) is 5.76 Å². The van der Waals surface area contributed by atoms with Crippen molar-refractivity contribution in [1.82, 2.24) is 0 Å². The Balaban J connectivity index is 2.24. The molecule has 0 unspecified atom stereocenters. The Hall–Kier alpha value is -2.62. The van der Waals surface area contributed by atoms with E-state index < -0.39 is 17.6 Å². The molecule has 0 N–H and O–H groups in total. The van der Waals surface area contributed by atoms with E-state index in [1.807, 2.05) is 30.3 Å². The lowest BCUT2D eigenvalue weighted by Crippen LogP contribution is -2.12. The lowest BCUT2D eigenvalue weighted by molar-refractivity contribution is -0.142. The van der Waals surface area contributed by atoms with Crippen LogP contribution in [0.3, 0.4) is 0 Å². The van der Waals surface area contributed by atoms with Crippen molar-refractivity contribution in [2.24, 2.45) is 0 Å². The number of esters is 1. The van der Waals surface area contributed by atoms with Crippen LogP contribution in [0.2, 0.25) is 0 Å². The standard InChI is InChI=1S/C18H17FO3/c1-2-21-18(20)17(16(19)15-11-7-4-8-12-15)22-13-14-9-5-3-6-10-14/h3-12H,2,13H2,1H3/b17-16+. The molecule has 2 rings (SSSR count). The normalized spacial score (nSPS) is 11.5. The molecular weight excluding hydrogens is 283 g/mol. The maximum Gasteiger partial charge on any atom is 0.376 e. The molecule has 114 valence electrons. The number of hydrogen-bond acceptors (Lipinski definition) is 3. The molecule has 0 fully saturated rings. The minimum Gasteiger partial charge on any atom is -0.480 e. The summed E-state index contributed by atoms with van der Waals surface area (Å²) in [7, 11) is 0. The molecule has 0 bridgehead atoms. The van der Waals surface area contributed by atoms with Gasteiger partial charge in [0.1, 0.15) is 6.61 Å². The second-order valence-electron chi connectivity index (χ2n) is 4.50. The highest BCUT2D eigenvalue weighted by Gasteiger charge is 2.20. The number of halogens is 1. The van der Waals surface area contributed by atoms with Crippen LogP contribution in [-0.2, 0) is 20.9 Å². The van der Waals surface area contributed by atoms with Crippen molar-refractivity contribution in [2.75, 3.05) is 6.61 Å². The second kappa shape index (κ2) is 7.98. The van der Waals surface area contributed by atoms with Crippen LogP contribution in [0.5, 0.6) is 0 Å². The Morgan fingerprint density at radius 2 is 1.55 bits per heavy atom. The van der Waals surface area contributed by atoms with E-state index in [1.54, 1.807) is 37.3 Å². The van der Waals surface area contributed by atoms with Crippen molar-refractivity contribution in [2.45, 2.75) is 13.5 Å². The molecule has 2 aromatic rings. The zero-order chi connectivity index (χ0) is 15.8. The van der Waals surface area contributed by atoms with Gasteiger partial charge in [-0.15, -0.1) is 0 Å². The van der Waals surface area contributed by atoms with Crippen LogP contribution in [0, 0.1) is 0 Å². The number of hydrogen-bond donors (Lipinski definition) is 0. The van der Waals surface area contributed by atoms with Gasteiger partial charge in [0.05, 0.1) is 6.61 Å². The molecule has 0 spiro atoms. The number of carbonyl (C=O) groups is 1. The van der Waals surface area contributed by atoms with Crippen LogP contribution >= 0.6 is 0 Å². The lowest BCUT2D eigenvalue weighted by Gasteiger charge is -2.11. The third kappa shape index (κ3) is 4.19. The number of carbonyl (C=O) groups excluding carboxylic acids is 1. The molecule has 2 aromatic carbocycles. The fourth-order valence-electron chi connectivity index (χ4n) is 1.85. The van der Waals surface area contributed by atoms with Crippen LogP contribution in [-0.4, -0.2) is 12.6 Å². The van der Waals surface area contributed by atoms with Crippen molar-refractivity contribution < 1.29 is 18.7 Å². The zero-order valence-electron chi connectivity index (χ0n) is 12.3. The quantitative estimate of drug-likeness (QED) is 0.457. The first kappa shape index (κ1) is 15.8. The van der Waals surface area contributed by atoms with Gasteiger partial charge in [-0.1, -0.05) is 60.7 Å². The molecular formula is C18H17FO3. The summed E-state index contributed by atoms with van der Waals surface area (Å²) in [5, 5.41) is 0. The van der Waals surface area contributed by atoms with Crippen molar-refractivity contribution in [3.05, 3.63) is 77.5 Å². The molecule has 0 saturated heterocycles. The van der Waals surface area contributed by atoms with Gasteiger partial charge in [-0.2, -0.15) is 0 Å². The third-order valence-corrected chi connectivity index (χ3v) is 2.91. The van der Waals surface area contributed by atoms with Gasteiger partial charge in [-0.3, -0.25) is 0 Å². The Labute approximate surface area is 129 Å². The Kier molecular flexibility index (Phi) is 5.72. The predicted molar refractivity (Wildman–Crippen MR) is 82.3 cm³/mol. The largest absolute Gasteiger partial charge is 0.480 e. The number of ether oxygens (including phenoxy) is 2. The smallest absolute Gasteiger partial charge is 0.376 e. The number of rotatable bonds is 6. The Morgan fingerprint density at radius 1 is 0.955 bits per heavy atom. The molecule has 0 aliphatic heterocycles. The average molecular weight is 300 g/mol. The molecule has 0 radical (unpaired) electrons. The lowest BCUT2D eigenvalue weighted by atomic mass is 10.2. The predicted octanol–water partition coefficient (Wildman–Crippen LogP) is 4.10. The summed E-state index contributed by atoms with van der Waals surface area (Å²) in [6, 6.07) is 17.5. The second-order valence-corrected chi connectivity index (χ2v) is 4.50. The van der Waals surface area contributed by atoms with Gasteiger partial charge in [0.25, 0.3) is 0 Å². The minimum absolute atomic E-state index is 0.0925. The van der Waals surface area contributed by atoms with E-state index in [-0.39, 0.29) is 18.8 Å². The summed E-state index contributed by atoms with van der Waals surface area (Å²) in [6.45, 7) is 1.90. The molecule has 22 heavy (non-hydrogen) atoms. The van der Waals surface area contributed by atoms with E-state index in [2.05, 4.69) is 0 Å². The van der Waals surface area contributed by atoms with E-state index in [0.717, 1.165) is 5.56 Å². The first-order chi connectivity index (χ1) is 10.7. The molecule has 0 aliphatic rings. The molecule has 0 saturated carbocycles. The molecule has 4 heteroatoms. The van der Waals surface area contributed by atoms with E-state index >= 15 is 0 Å². The summed E-state index contributed by atoms with van der Waals surface area (Å²) in [4.78, 5) is 11.9. The fourth-order valence-corrected chi connectivity index (χ4v) is 1.85. The minimum atomic E-state index is -0.806. The van der Waals surface area contributed by atoms with Crippen LogP contribution in [0.25, 0.3) is 5.83 Å². The fraction of sp³-hybridized carbons (Fsp3) is 0.167. The topological polar surface area (TPSA) is 35.5 Å². The summed E-state index contributed by atoms with van der Waals surface area (Å²) in [6.07, 6.45) is 0. The molecule has 0 aliphatic carbocycles. The van der Waals surface area contributed by atoms with Crippen molar-refractivity contribution in [1.29, 1.82) is 0 Å². The molecule has 0 heterocycles. The zero-order valence-corrected chi connectivity index (χ0v) is 12.3. The summed E-state index contributed by atoms with van der Waals surface area (Å²) < 4.78 is 24.8. The van der Waals surface area contributed by atoms with Gasteiger partial charge in [-0.25, -0.2) is 9.18 Å². The molecule has 3 nitrogen and oxygen atoms in total. The maximum atomic E-state index is 14.5. The van der Waals surface area contributed by atoms with Gasteiger partial charge in [0, 0.05) is 5.56 Å². The summed E-state index contributed by atoms with van der Waals surface area (Å²) >= 11 is 0. The van der Waals surface area contributed by atoms with Crippen LogP contribution in [0.15, 0.2) is 66.4 Å². The van der Waals surface area contributed by atoms with Crippen LogP contribution < -0.4 is 0 Å². The molecule has 0 amide bonds. The van der Waals surface area contributed by atoms with Gasteiger partial charge >= 0.3 is 5.97 Å². The van der Waals surface area contributed by atoms with E-state index in [1.165, 1.54) is 0 Å². The van der Waals surface area contributed by atoms with Crippen molar-refractivity contribution >= 4 is 11.8 Å². The van der Waals surface area contributed by atoms with Crippen LogP contribution in [0.4, 0.5) is 4.39 Å². The Morgan fingerprint density at radius 3 is 2.14 bits per heavy atom. The first-order valence-corrected chi connectivity index (χ1v) is 7.01. The summed E-state index contributed by atoms with van der Waals surface area (Å²) in [5.74, 6) is -1.94. The highest BCUT2D eigenvalue weighted by atomic mass is 19.1. The Bertz CT molecular complexity index is 636. The van der Waals surface area contributed by atoms with Gasteiger partial charge in [0.15, 0.2) is 5.83 Å². The highest BCUT2D eigenvalue weighted by molar-refractivity contribution is 5.93. The van der Waals surface area contributed by atoms with Crippen LogP contribution in [0.1, 0.15) is 18.1 Å². The SMILES string of the molecule is CCOC(=O)/C(OCc1ccccc1)=C(\F)c1ccccc1. The monoisotopic (exact) mass is 300 g/mol. The maximum absolute atomic E-state index is 14.5. The van der Waals surface area contributed by atoms with E-state index in [9.17, 15) is 9.18 Å². The van der Waals surface area contributed by atoms with E-state index in [4.69, 9.17) is 9.47 Å².